The molecule has 0 bridgehead atoms. The molecule has 0 radical (unpaired) electrons. The van der Waals surface area contributed by atoms with Crippen molar-refractivity contribution in [3.8, 4) is 6.07 Å². The molecule has 84 valence electrons. The van der Waals surface area contributed by atoms with Gasteiger partial charge in [-0.2, -0.15) is 5.26 Å². The second-order valence-corrected chi connectivity index (χ2v) is 3.64. The Morgan fingerprint density at radius 3 is 2.94 bits per heavy atom. The molecule has 0 aliphatic carbocycles. The third-order valence-electron chi connectivity index (χ3n) is 2.31. The summed E-state index contributed by atoms with van der Waals surface area (Å²) >= 11 is 0. The third-order valence-corrected chi connectivity index (χ3v) is 2.31. The van der Waals surface area contributed by atoms with Gasteiger partial charge in [0.15, 0.2) is 0 Å². The van der Waals surface area contributed by atoms with Crippen LogP contribution in [0.2, 0.25) is 0 Å². The molecule has 2 aromatic rings. The van der Waals surface area contributed by atoms with E-state index in [1.54, 1.807) is 18.3 Å². The standard InChI is InChI=1S/C13H12N4/c1-10-4-2-6-12(17-10)9-16-13-11(8-14)5-3-7-15-13/h2-7H,9H2,1H3,(H,15,16). The van der Waals surface area contributed by atoms with E-state index >= 15 is 0 Å². The Bertz CT molecular complexity index is 557. The van der Waals surface area contributed by atoms with E-state index in [0.29, 0.717) is 17.9 Å². The van der Waals surface area contributed by atoms with E-state index in [4.69, 9.17) is 5.26 Å². The van der Waals surface area contributed by atoms with Crippen LogP contribution < -0.4 is 5.32 Å². The maximum absolute atomic E-state index is 8.91. The van der Waals surface area contributed by atoms with Crippen molar-refractivity contribution in [1.82, 2.24) is 9.97 Å². The van der Waals surface area contributed by atoms with Gasteiger partial charge in [-0.15, -0.1) is 0 Å². The van der Waals surface area contributed by atoms with Gasteiger partial charge in [0.2, 0.25) is 0 Å². The highest BCUT2D eigenvalue weighted by Crippen LogP contribution is 2.10. The predicted molar refractivity (Wildman–Crippen MR) is 65.3 cm³/mol. The Morgan fingerprint density at radius 1 is 1.29 bits per heavy atom. The lowest BCUT2D eigenvalue weighted by Gasteiger charge is -2.06. The van der Waals surface area contributed by atoms with Gasteiger partial charge >= 0.3 is 0 Å². The molecule has 4 heteroatoms. The van der Waals surface area contributed by atoms with Gasteiger partial charge in [0.05, 0.1) is 17.8 Å². The molecule has 0 saturated heterocycles. The minimum absolute atomic E-state index is 0.542. The zero-order valence-corrected chi connectivity index (χ0v) is 9.51. The van der Waals surface area contributed by atoms with Gasteiger partial charge in [0.1, 0.15) is 11.9 Å². The van der Waals surface area contributed by atoms with Crippen LogP contribution in [0.5, 0.6) is 0 Å². The number of rotatable bonds is 3. The molecule has 0 saturated carbocycles. The molecule has 17 heavy (non-hydrogen) atoms. The summed E-state index contributed by atoms with van der Waals surface area (Å²) in [5.74, 6) is 0.596. The van der Waals surface area contributed by atoms with Crippen LogP contribution in [0.1, 0.15) is 17.0 Å². The Labute approximate surface area is 100.0 Å². The average molecular weight is 224 g/mol. The summed E-state index contributed by atoms with van der Waals surface area (Å²) < 4.78 is 0. The maximum atomic E-state index is 8.91. The zero-order chi connectivity index (χ0) is 12.1. The topological polar surface area (TPSA) is 61.6 Å². The lowest BCUT2D eigenvalue weighted by molar-refractivity contribution is 1.00. The molecule has 2 rings (SSSR count). The van der Waals surface area contributed by atoms with Crippen LogP contribution in [-0.4, -0.2) is 9.97 Å². The van der Waals surface area contributed by atoms with E-state index < -0.39 is 0 Å². The van der Waals surface area contributed by atoms with Crippen molar-refractivity contribution in [3.63, 3.8) is 0 Å². The van der Waals surface area contributed by atoms with E-state index in [1.807, 2.05) is 25.1 Å². The first-order chi connectivity index (χ1) is 8.29. The first kappa shape index (κ1) is 11.1. The van der Waals surface area contributed by atoms with Crippen molar-refractivity contribution in [2.45, 2.75) is 13.5 Å². The summed E-state index contributed by atoms with van der Waals surface area (Å²) in [5.41, 5.74) is 2.45. The Balaban J connectivity index is 2.10. The molecule has 2 aromatic heterocycles. The van der Waals surface area contributed by atoms with Crippen LogP contribution in [-0.2, 0) is 6.54 Å². The summed E-state index contributed by atoms with van der Waals surface area (Å²) in [6.07, 6.45) is 1.66. The normalized spacial score (nSPS) is 9.65. The van der Waals surface area contributed by atoms with Crippen molar-refractivity contribution in [2.75, 3.05) is 5.32 Å². The van der Waals surface area contributed by atoms with Crippen LogP contribution in [0.15, 0.2) is 36.5 Å². The second kappa shape index (κ2) is 5.08. The van der Waals surface area contributed by atoms with Crippen molar-refractivity contribution in [1.29, 1.82) is 5.26 Å². The average Bonchev–Trinajstić information content (AvgIpc) is 2.37. The fourth-order valence-electron chi connectivity index (χ4n) is 1.51. The van der Waals surface area contributed by atoms with Gasteiger partial charge in [-0.05, 0) is 31.2 Å². The molecule has 0 spiro atoms. The number of aromatic nitrogens is 2. The van der Waals surface area contributed by atoms with E-state index in [2.05, 4.69) is 21.4 Å². The van der Waals surface area contributed by atoms with Gasteiger partial charge < -0.3 is 5.32 Å². The molecule has 0 atom stereocenters. The fraction of sp³-hybridized carbons (Fsp3) is 0.154. The van der Waals surface area contributed by atoms with Crippen LogP contribution in [0.25, 0.3) is 0 Å². The lowest BCUT2D eigenvalue weighted by atomic mass is 10.2. The Kier molecular flexibility index (Phi) is 3.31. The molecule has 4 nitrogen and oxygen atoms in total. The Morgan fingerprint density at radius 2 is 2.18 bits per heavy atom. The monoisotopic (exact) mass is 224 g/mol. The number of nitriles is 1. The first-order valence-corrected chi connectivity index (χ1v) is 5.31. The minimum Gasteiger partial charge on any atom is -0.363 e. The van der Waals surface area contributed by atoms with E-state index in [9.17, 15) is 0 Å². The molecular weight excluding hydrogens is 212 g/mol. The lowest BCUT2D eigenvalue weighted by Crippen LogP contribution is -2.05. The fourth-order valence-corrected chi connectivity index (χ4v) is 1.51. The van der Waals surface area contributed by atoms with E-state index in [-0.39, 0.29) is 0 Å². The second-order valence-electron chi connectivity index (χ2n) is 3.64. The summed E-state index contributed by atoms with van der Waals surface area (Å²) in [7, 11) is 0. The molecule has 1 N–H and O–H groups in total. The van der Waals surface area contributed by atoms with Gasteiger partial charge in [-0.25, -0.2) is 4.98 Å². The highest BCUT2D eigenvalue weighted by Gasteiger charge is 2.02. The largest absolute Gasteiger partial charge is 0.363 e. The number of aryl methyl sites for hydroxylation is 1. The van der Waals surface area contributed by atoms with Gasteiger partial charge in [-0.3, -0.25) is 4.98 Å². The van der Waals surface area contributed by atoms with E-state index in [1.165, 1.54) is 0 Å². The van der Waals surface area contributed by atoms with Gasteiger partial charge in [-0.1, -0.05) is 6.07 Å². The highest BCUT2D eigenvalue weighted by atomic mass is 15.0. The van der Waals surface area contributed by atoms with Crippen molar-refractivity contribution < 1.29 is 0 Å². The van der Waals surface area contributed by atoms with Crippen molar-refractivity contribution >= 4 is 5.82 Å². The van der Waals surface area contributed by atoms with Crippen LogP contribution in [0.3, 0.4) is 0 Å². The number of hydrogen-bond acceptors (Lipinski definition) is 4. The summed E-state index contributed by atoms with van der Waals surface area (Å²) in [6, 6.07) is 11.4. The SMILES string of the molecule is Cc1cccc(CNc2ncccc2C#N)n1. The molecule has 2 heterocycles. The van der Waals surface area contributed by atoms with Crippen LogP contribution >= 0.6 is 0 Å². The number of anilines is 1. The van der Waals surface area contributed by atoms with Gasteiger partial charge in [0.25, 0.3) is 0 Å². The molecule has 0 fully saturated rings. The summed E-state index contributed by atoms with van der Waals surface area (Å²) in [4.78, 5) is 8.50. The quantitative estimate of drug-likeness (QED) is 0.868. The number of nitrogens with zero attached hydrogens (tertiary/aromatic N) is 3. The number of hydrogen-bond donors (Lipinski definition) is 1. The van der Waals surface area contributed by atoms with Gasteiger partial charge in [0, 0.05) is 11.9 Å². The van der Waals surface area contributed by atoms with Crippen LogP contribution in [0.4, 0.5) is 5.82 Å². The molecule has 0 amide bonds. The van der Waals surface area contributed by atoms with Crippen molar-refractivity contribution in [2.24, 2.45) is 0 Å². The van der Waals surface area contributed by atoms with E-state index in [0.717, 1.165) is 11.4 Å². The molecule has 0 unspecified atom stereocenters. The number of nitrogens with one attached hydrogen (secondary N) is 1. The minimum atomic E-state index is 0.542. The van der Waals surface area contributed by atoms with Crippen LogP contribution in [0, 0.1) is 18.3 Å². The molecule has 0 aromatic carbocycles. The molecular formula is C13H12N4. The zero-order valence-electron chi connectivity index (χ0n) is 9.51. The third kappa shape index (κ3) is 2.79. The first-order valence-electron chi connectivity index (χ1n) is 5.31. The smallest absolute Gasteiger partial charge is 0.144 e. The molecule has 0 aliphatic rings. The maximum Gasteiger partial charge on any atom is 0.144 e. The molecule has 0 aliphatic heterocycles. The highest BCUT2D eigenvalue weighted by molar-refractivity contribution is 5.51. The summed E-state index contributed by atoms with van der Waals surface area (Å²) in [5, 5.41) is 12.0. The summed E-state index contributed by atoms with van der Waals surface area (Å²) in [6.45, 7) is 2.51. The Hall–Kier alpha value is -2.41. The predicted octanol–water partition coefficient (Wildman–Crippen LogP) is 2.27. The van der Waals surface area contributed by atoms with Crippen molar-refractivity contribution in [3.05, 3.63) is 53.5 Å². The number of pyridine rings is 2.